The number of carbonyl (C=O) groups is 1. The van der Waals surface area contributed by atoms with Crippen LogP contribution >= 0.6 is 23.1 Å². The number of rotatable bonds is 6. The minimum atomic E-state index is -0.377. The summed E-state index contributed by atoms with van der Waals surface area (Å²) in [7, 11) is 1.61. The Bertz CT molecular complexity index is 849. The van der Waals surface area contributed by atoms with Crippen molar-refractivity contribution in [2.24, 2.45) is 0 Å². The van der Waals surface area contributed by atoms with Crippen LogP contribution in [0.2, 0.25) is 0 Å². The van der Waals surface area contributed by atoms with Crippen LogP contribution in [0.15, 0.2) is 64.3 Å². The monoisotopic (exact) mass is 370 g/mol. The van der Waals surface area contributed by atoms with E-state index in [9.17, 15) is 4.79 Å². The second-order valence-corrected chi connectivity index (χ2v) is 7.59. The molecule has 2 aromatic carbocycles. The van der Waals surface area contributed by atoms with Crippen molar-refractivity contribution < 1.29 is 9.53 Å². The Hall–Kier alpha value is -2.31. The van der Waals surface area contributed by atoms with E-state index >= 15 is 0 Å². The molecule has 1 N–H and O–H groups in total. The number of nitrogens with one attached hydrogen (secondary N) is 1. The van der Waals surface area contributed by atoms with Gasteiger partial charge in [-0.2, -0.15) is 0 Å². The molecule has 1 heterocycles. The quantitative estimate of drug-likeness (QED) is 0.625. The van der Waals surface area contributed by atoms with E-state index < -0.39 is 0 Å². The molecule has 6 heteroatoms. The van der Waals surface area contributed by atoms with E-state index in [4.69, 9.17) is 4.74 Å². The van der Waals surface area contributed by atoms with E-state index in [1.54, 1.807) is 24.5 Å². The van der Waals surface area contributed by atoms with Crippen molar-refractivity contribution in [3.05, 3.63) is 71.2 Å². The molecule has 1 aromatic heterocycles. The second kappa shape index (κ2) is 8.18. The first-order valence-corrected chi connectivity index (χ1v) is 9.50. The number of nitrogens with zero attached hydrogens (tertiary/aromatic N) is 1. The van der Waals surface area contributed by atoms with E-state index in [1.807, 2.05) is 60.8 Å². The van der Waals surface area contributed by atoms with Gasteiger partial charge in [-0.15, -0.1) is 11.3 Å². The summed E-state index contributed by atoms with van der Waals surface area (Å²) in [6.07, 6.45) is 0. The number of hydrogen-bond acceptors (Lipinski definition) is 5. The Morgan fingerprint density at radius 3 is 2.68 bits per heavy atom. The number of benzene rings is 2. The van der Waals surface area contributed by atoms with Crippen molar-refractivity contribution in [3.63, 3.8) is 0 Å². The minimum absolute atomic E-state index is 0.0858. The molecule has 0 aliphatic rings. The van der Waals surface area contributed by atoms with Gasteiger partial charge >= 0.3 is 0 Å². The third kappa shape index (κ3) is 4.61. The second-order valence-electron chi connectivity index (χ2n) is 5.38. The fourth-order valence-electron chi connectivity index (χ4n) is 2.30. The molecule has 0 fully saturated rings. The van der Waals surface area contributed by atoms with Crippen molar-refractivity contribution in [2.45, 2.75) is 16.5 Å². The molecule has 4 nitrogen and oxygen atoms in total. The van der Waals surface area contributed by atoms with E-state index in [1.165, 1.54) is 11.8 Å². The maximum Gasteiger partial charge on any atom is 0.242 e. The molecule has 0 bridgehead atoms. The Labute approximate surface area is 155 Å². The molecule has 128 valence electrons. The Balaban J connectivity index is 1.83. The molecule has 3 aromatic rings. The van der Waals surface area contributed by atoms with Crippen LogP contribution in [-0.2, 0) is 4.79 Å². The lowest BCUT2D eigenvalue weighted by molar-refractivity contribution is -0.115. The van der Waals surface area contributed by atoms with Gasteiger partial charge in [0, 0.05) is 22.8 Å². The Kier molecular flexibility index (Phi) is 5.73. The van der Waals surface area contributed by atoms with E-state index in [2.05, 4.69) is 10.3 Å². The smallest absolute Gasteiger partial charge is 0.242 e. The molecule has 0 saturated carbocycles. The number of thioether (sulfide) groups is 1. The van der Waals surface area contributed by atoms with Crippen LogP contribution in [0, 0.1) is 6.92 Å². The predicted molar refractivity (Wildman–Crippen MR) is 104 cm³/mol. The third-order valence-corrected chi connectivity index (χ3v) is 5.84. The van der Waals surface area contributed by atoms with Crippen molar-refractivity contribution >= 4 is 34.7 Å². The third-order valence-electron chi connectivity index (χ3n) is 3.49. The Morgan fingerprint density at radius 1 is 1.20 bits per heavy atom. The molecule has 0 aliphatic carbocycles. The van der Waals surface area contributed by atoms with Crippen LogP contribution < -0.4 is 10.1 Å². The molecule has 0 spiro atoms. The van der Waals surface area contributed by atoms with E-state index in [-0.39, 0.29) is 11.2 Å². The fourth-order valence-corrected chi connectivity index (χ4v) is 4.33. The molecule has 0 saturated heterocycles. The van der Waals surface area contributed by atoms with Gasteiger partial charge in [0.15, 0.2) is 4.34 Å². The molecule has 25 heavy (non-hydrogen) atoms. The van der Waals surface area contributed by atoms with Gasteiger partial charge in [0.25, 0.3) is 0 Å². The molecule has 3 rings (SSSR count). The number of ether oxygens (including phenoxy) is 1. The van der Waals surface area contributed by atoms with Gasteiger partial charge in [-0.05, 0) is 24.6 Å². The highest BCUT2D eigenvalue weighted by Gasteiger charge is 2.23. The zero-order chi connectivity index (χ0) is 17.6. The SMILES string of the molecule is COc1cccc(NC(=O)[C@@H](Sc2nc(C)cs2)c2ccccc2)c1. The van der Waals surface area contributed by atoms with Gasteiger partial charge in [-0.25, -0.2) is 4.98 Å². The summed E-state index contributed by atoms with van der Waals surface area (Å²) in [5.41, 5.74) is 2.62. The number of methoxy groups -OCH3 is 1. The summed E-state index contributed by atoms with van der Waals surface area (Å²) in [6.45, 7) is 1.95. The van der Waals surface area contributed by atoms with Crippen molar-refractivity contribution in [3.8, 4) is 5.75 Å². The van der Waals surface area contributed by atoms with Crippen LogP contribution in [0.3, 0.4) is 0 Å². The van der Waals surface area contributed by atoms with Crippen molar-refractivity contribution in [1.82, 2.24) is 4.98 Å². The lowest BCUT2D eigenvalue weighted by atomic mass is 10.1. The number of aryl methyl sites for hydroxylation is 1. The summed E-state index contributed by atoms with van der Waals surface area (Å²) >= 11 is 3.02. The van der Waals surface area contributed by atoms with Crippen LogP contribution in [0.5, 0.6) is 5.75 Å². The molecule has 0 radical (unpaired) electrons. The average Bonchev–Trinajstić information content (AvgIpc) is 3.05. The standard InChI is InChI=1S/C19H18N2O2S2/c1-13-12-24-19(20-13)25-17(14-7-4-3-5-8-14)18(22)21-15-9-6-10-16(11-15)23-2/h3-12,17H,1-2H3,(H,21,22)/t17-/m0/s1. The first-order chi connectivity index (χ1) is 12.2. The summed E-state index contributed by atoms with van der Waals surface area (Å²) in [4.78, 5) is 17.4. The summed E-state index contributed by atoms with van der Waals surface area (Å²) in [6, 6.07) is 17.1. The number of hydrogen-bond donors (Lipinski definition) is 1. The van der Waals surface area contributed by atoms with Crippen molar-refractivity contribution in [2.75, 3.05) is 12.4 Å². The highest BCUT2D eigenvalue weighted by Crippen LogP contribution is 2.37. The summed E-state index contributed by atoms with van der Waals surface area (Å²) < 4.78 is 6.10. The summed E-state index contributed by atoms with van der Waals surface area (Å²) in [5.74, 6) is 0.620. The molecular formula is C19H18N2O2S2. The molecule has 1 atom stereocenters. The van der Waals surface area contributed by atoms with Gasteiger partial charge in [-0.1, -0.05) is 48.2 Å². The minimum Gasteiger partial charge on any atom is -0.497 e. The number of aromatic nitrogens is 1. The van der Waals surface area contributed by atoms with Crippen LogP contribution in [-0.4, -0.2) is 18.0 Å². The normalized spacial score (nSPS) is 11.8. The maximum atomic E-state index is 12.9. The first kappa shape index (κ1) is 17.5. The largest absolute Gasteiger partial charge is 0.497 e. The number of thiazole rings is 1. The van der Waals surface area contributed by atoms with Gasteiger partial charge in [0.05, 0.1) is 7.11 Å². The number of carbonyl (C=O) groups excluding carboxylic acids is 1. The maximum absolute atomic E-state index is 12.9. The highest BCUT2D eigenvalue weighted by atomic mass is 32.2. The van der Waals surface area contributed by atoms with Crippen molar-refractivity contribution in [1.29, 1.82) is 0 Å². The number of amides is 1. The van der Waals surface area contributed by atoms with Crippen LogP contribution in [0.25, 0.3) is 0 Å². The first-order valence-electron chi connectivity index (χ1n) is 7.74. The van der Waals surface area contributed by atoms with Crippen LogP contribution in [0.1, 0.15) is 16.5 Å². The topological polar surface area (TPSA) is 51.2 Å². The fraction of sp³-hybridized carbons (Fsp3) is 0.158. The van der Waals surface area contributed by atoms with Gasteiger partial charge < -0.3 is 10.1 Å². The average molecular weight is 370 g/mol. The highest BCUT2D eigenvalue weighted by molar-refractivity contribution is 8.01. The summed E-state index contributed by atoms with van der Waals surface area (Å²) in [5, 5.41) is 4.59. The lowest BCUT2D eigenvalue weighted by Crippen LogP contribution is -2.19. The van der Waals surface area contributed by atoms with Gasteiger partial charge in [-0.3, -0.25) is 4.79 Å². The number of anilines is 1. The zero-order valence-corrected chi connectivity index (χ0v) is 15.6. The molecule has 0 unspecified atom stereocenters. The van der Waals surface area contributed by atoms with Crippen LogP contribution in [0.4, 0.5) is 5.69 Å². The zero-order valence-electron chi connectivity index (χ0n) is 13.9. The van der Waals surface area contributed by atoms with Gasteiger partial charge in [0.1, 0.15) is 11.0 Å². The van der Waals surface area contributed by atoms with E-state index in [0.29, 0.717) is 11.4 Å². The Morgan fingerprint density at radius 2 is 2.00 bits per heavy atom. The lowest BCUT2D eigenvalue weighted by Gasteiger charge is -2.16. The molecule has 1 amide bonds. The van der Waals surface area contributed by atoms with E-state index in [0.717, 1.165) is 15.6 Å². The molecular weight excluding hydrogens is 352 g/mol. The molecule has 0 aliphatic heterocycles. The van der Waals surface area contributed by atoms with Gasteiger partial charge in [0.2, 0.25) is 5.91 Å². The predicted octanol–water partition coefficient (Wildman–Crippen LogP) is 4.93.